The van der Waals surface area contributed by atoms with Gasteiger partial charge in [-0.3, -0.25) is 4.72 Å². The second-order valence-electron chi connectivity index (χ2n) is 7.63. The normalized spacial score (nSPS) is 14.0. The van der Waals surface area contributed by atoms with Crippen molar-refractivity contribution in [2.75, 3.05) is 47.8 Å². The van der Waals surface area contributed by atoms with Crippen molar-refractivity contribution in [2.45, 2.75) is 18.7 Å². The van der Waals surface area contributed by atoms with Crippen LogP contribution < -0.4 is 19.7 Å². The Hall–Kier alpha value is -3.44. The van der Waals surface area contributed by atoms with Gasteiger partial charge in [0.1, 0.15) is 5.82 Å². The second-order valence-corrected chi connectivity index (χ2v) is 9.31. The molecular formula is C23H26FN5O4S. The van der Waals surface area contributed by atoms with Crippen molar-refractivity contribution < 1.29 is 22.3 Å². The molecule has 4 rings (SSSR count). The van der Waals surface area contributed by atoms with Crippen LogP contribution in [0.4, 0.5) is 27.5 Å². The standard InChI is InChI=1S/C23H26FN5O4S/c1-3-33-21-9-8-19(15-20(21)24)34(30,31)28-18-6-4-17(5-7-18)26-22-14-16(2)25-23(27-22)29-10-12-32-13-11-29/h4-9,14-15,28H,3,10-13H2,1-2H3,(H,25,26,27). The Morgan fingerprint density at radius 2 is 1.76 bits per heavy atom. The van der Waals surface area contributed by atoms with Crippen LogP contribution >= 0.6 is 0 Å². The quantitative estimate of drug-likeness (QED) is 0.496. The lowest BCUT2D eigenvalue weighted by Crippen LogP contribution is -2.37. The third kappa shape index (κ3) is 5.72. The number of ether oxygens (including phenoxy) is 2. The summed E-state index contributed by atoms with van der Waals surface area (Å²) in [4.78, 5) is 11.0. The Kier molecular flexibility index (Phi) is 7.13. The lowest BCUT2D eigenvalue weighted by Gasteiger charge is -2.27. The van der Waals surface area contributed by atoms with Gasteiger partial charge in [0.25, 0.3) is 10.0 Å². The van der Waals surface area contributed by atoms with Gasteiger partial charge >= 0.3 is 0 Å². The van der Waals surface area contributed by atoms with Gasteiger partial charge in [-0.15, -0.1) is 0 Å². The van der Waals surface area contributed by atoms with Crippen molar-refractivity contribution in [3.05, 3.63) is 60.0 Å². The van der Waals surface area contributed by atoms with E-state index in [2.05, 4.69) is 24.9 Å². The summed E-state index contributed by atoms with van der Waals surface area (Å²) < 4.78 is 52.4. The number of rotatable bonds is 8. The smallest absolute Gasteiger partial charge is 0.262 e. The van der Waals surface area contributed by atoms with Crippen molar-refractivity contribution in [3.63, 3.8) is 0 Å². The number of morpholine rings is 1. The summed E-state index contributed by atoms with van der Waals surface area (Å²) in [6.45, 7) is 6.65. The lowest BCUT2D eigenvalue weighted by molar-refractivity contribution is 0.122. The molecule has 0 atom stereocenters. The third-order valence-corrected chi connectivity index (χ3v) is 6.44. The van der Waals surface area contributed by atoms with Crippen molar-refractivity contribution >= 4 is 33.2 Å². The fourth-order valence-electron chi connectivity index (χ4n) is 3.43. The highest BCUT2D eigenvalue weighted by Gasteiger charge is 2.18. The van der Waals surface area contributed by atoms with E-state index in [9.17, 15) is 12.8 Å². The minimum absolute atomic E-state index is 0.00798. The number of aryl methyl sites for hydroxylation is 1. The van der Waals surface area contributed by atoms with E-state index in [1.54, 1.807) is 31.2 Å². The molecule has 2 aromatic carbocycles. The number of benzene rings is 2. The number of sulfonamides is 1. The molecule has 1 aliphatic rings. The van der Waals surface area contributed by atoms with E-state index in [-0.39, 0.29) is 17.3 Å². The van der Waals surface area contributed by atoms with Crippen LogP contribution in [0.25, 0.3) is 0 Å². The lowest BCUT2D eigenvalue weighted by atomic mass is 10.3. The number of hydrogen-bond acceptors (Lipinski definition) is 8. The molecule has 0 radical (unpaired) electrons. The van der Waals surface area contributed by atoms with Crippen LogP contribution in [-0.2, 0) is 14.8 Å². The highest BCUT2D eigenvalue weighted by molar-refractivity contribution is 7.92. The van der Waals surface area contributed by atoms with Crippen molar-refractivity contribution in [3.8, 4) is 5.75 Å². The van der Waals surface area contributed by atoms with Gasteiger partial charge in [0.05, 0.1) is 24.7 Å². The zero-order valence-electron chi connectivity index (χ0n) is 18.9. The van der Waals surface area contributed by atoms with Crippen molar-refractivity contribution in [1.82, 2.24) is 9.97 Å². The molecule has 0 unspecified atom stereocenters. The fourth-order valence-corrected chi connectivity index (χ4v) is 4.50. The van der Waals surface area contributed by atoms with Gasteiger partial charge in [0, 0.05) is 36.2 Å². The third-order valence-electron chi connectivity index (χ3n) is 5.06. The molecule has 0 aliphatic carbocycles. The zero-order valence-corrected chi connectivity index (χ0v) is 19.7. The highest BCUT2D eigenvalue weighted by atomic mass is 32.2. The summed E-state index contributed by atoms with van der Waals surface area (Å²) in [5.74, 6) is 0.541. The SMILES string of the molecule is CCOc1ccc(S(=O)(=O)Nc2ccc(Nc3cc(C)nc(N4CCOCC4)n3)cc2)cc1F. The maximum atomic E-state index is 14.1. The molecule has 0 amide bonds. The number of nitrogens with one attached hydrogen (secondary N) is 2. The average Bonchev–Trinajstić information content (AvgIpc) is 2.82. The van der Waals surface area contributed by atoms with E-state index < -0.39 is 15.8 Å². The van der Waals surface area contributed by atoms with Crippen LogP contribution in [0.3, 0.4) is 0 Å². The summed E-state index contributed by atoms with van der Waals surface area (Å²) in [6, 6.07) is 12.0. The first-order valence-electron chi connectivity index (χ1n) is 10.8. The highest BCUT2D eigenvalue weighted by Crippen LogP contribution is 2.25. The molecule has 3 aromatic rings. The molecule has 1 aromatic heterocycles. The summed E-state index contributed by atoms with van der Waals surface area (Å²) in [6.07, 6.45) is 0. The van der Waals surface area contributed by atoms with Crippen molar-refractivity contribution in [2.24, 2.45) is 0 Å². The molecule has 2 heterocycles. The molecular weight excluding hydrogens is 461 g/mol. The number of aromatic nitrogens is 2. The predicted octanol–water partition coefficient (Wildman–Crippen LogP) is 3.70. The van der Waals surface area contributed by atoms with Gasteiger partial charge in [-0.05, 0) is 56.3 Å². The maximum absolute atomic E-state index is 14.1. The van der Waals surface area contributed by atoms with E-state index >= 15 is 0 Å². The molecule has 0 bridgehead atoms. The Bertz CT molecular complexity index is 1250. The van der Waals surface area contributed by atoms with Crippen molar-refractivity contribution in [1.29, 1.82) is 0 Å². The van der Waals surface area contributed by atoms with Gasteiger partial charge in [-0.25, -0.2) is 17.8 Å². The van der Waals surface area contributed by atoms with Crippen LogP contribution in [0.2, 0.25) is 0 Å². The molecule has 1 aliphatic heterocycles. The molecule has 1 saturated heterocycles. The van der Waals surface area contributed by atoms with E-state index in [1.807, 2.05) is 13.0 Å². The van der Waals surface area contributed by atoms with Crippen LogP contribution in [-0.4, -0.2) is 51.3 Å². The first-order valence-corrected chi connectivity index (χ1v) is 12.3. The maximum Gasteiger partial charge on any atom is 0.262 e. The van der Waals surface area contributed by atoms with E-state index in [4.69, 9.17) is 9.47 Å². The fraction of sp³-hybridized carbons (Fsp3) is 0.304. The molecule has 0 spiro atoms. The number of anilines is 4. The van der Waals surface area contributed by atoms with Gasteiger partial charge in [0.15, 0.2) is 11.6 Å². The molecule has 180 valence electrons. The van der Waals surface area contributed by atoms with E-state index in [0.717, 1.165) is 30.5 Å². The Morgan fingerprint density at radius 3 is 2.44 bits per heavy atom. The first kappa shape index (κ1) is 23.7. The van der Waals surface area contributed by atoms with Crippen LogP contribution in [0.1, 0.15) is 12.6 Å². The first-order chi connectivity index (χ1) is 16.3. The summed E-state index contributed by atoms with van der Waals surface area (Å²) in [7, 11) is -3.97. The molecule has 34 heavy (non-hydrogen) atoms. The second kappa shape index (κ2) is 10.2. The Balaban J connectivity index is 1.45. The summed E-state index contributed by atoms with van der Waals surface area (Å²) in [5, 5.41) is 3.22. The summed E-state index contributed by atoms with van der Waals surface area (Å²) in [5.41, 5.74) is 1.89. The molecule has 9 nitrogen and oxygen atoms in total. The molecule has 0 saturated carbocycles. The molecule has 11 heteroatoms. The molecule has 2 N–H and O–H groups in total. The zero-order chi connectivity index (χ0) is 24.1. The summed E-state index contributed by atoms with van der Waals surface area (Å²) >= 11 is 0. The Morgan fingerprint density at radius 1 is 1.06 bits per heavy atom. The monoisotopic (exact) mass is 487 g/mol. The Labute approximate surface area is 198 Å². The van der Waals surface area contributed by atoms with Crippen LogP contribution in [0.5, 0.6) is 5.75 Å². The predicted molar refractivity (Wildman–Crippen MR) is 128 cm³/mol. The number of halogens is 1. The van der Waals surface area contributed by atoms with E-state index in [1.165, 1.54) is 12.1 Å². The number of hydrogen-bond donors (Lipinski definition) is 2. The average molecular weight is 488 g/mol. The van der Waals surface area contributed by atoms with Gasteiger partial charge in [0.2, 0.25) is 5.95 Å². The van der Waals surface area contributed by atoms with Gasteiger partial charge in [-0.2, -0.15) is 4.98 Å². The van der Waals surface area contributed by atoms with Gasteiger partial charge in [-0.1, -0.05) is 0 Å². The number of nitrogens with zero attached hydrogens (tertiary/aromatic N) is 3. The topological polar surface area (TPSA) is 106 Å². The van der Waals surface area contributed by atoms with E-state index in [0.29, 0.717) is 30.7 Å². The molecule has 1 fully saturated rings. The minimum Gasteiger partial charge on any atom is -0.491 e. The van der Waals surface area contributed by atoms with Crippen LogP contribution in [0.15, 0.2) is 53.4 Å². The van der Waals surface area contributed by atoms with Gasteiger partial charge < -0.3 is 19.7 Å². The largest absolute Gasteiger partial charge is 0.491 e. The minimum atomic E-state index is -3.97. The van der Waals surface area contributed by atoms with Crippen LogP contribution in [0, 0.1) is 12.7 Å².